The van der Waals surface area contributed by atoms with E-state index in [1.807, 2.05) is 4.57 Å². The van der Waals surface area contributed by atoms with Crippen molar-refractivity contribution in [3.8, 4) is 0 Å². The molecule has 1 heterocycles. The molecule has 1 rings (SSSR count). The average molecular weight is 310 g/mol. The Morgan fingerprint density at radius 1 is 1.16 bits per heavy atom. The summed E-state index contributed by atoms with van der Waals surface area (Å²) in [6.45, 7) is 3.07. The third-order valence-corrected chi connectivity index (χ3v) is 4.59. The third-order valence-electron chi connectivity index (χ3n) is 2.91. The fraction of sp³-hybridized carbons (Fsp3) is 0.750. The van der Waals surface area contributed by atoms with Gasteiger partial charge in [-0.25, -0.2) is 4.57 Å². The smallest absolute Gasteiger partial charge is 0.379 e. The molecule has 0 atom stereocenters. The highest BCUT2D eigenvalue weighted by molar-refractivity contribution is 7.87. The van der Waals surface area contributed by atoms with Gasteiger partial charge in [0.1, 0.15) is 12.4 Å². The predicted octanol–water partition coefficient (Wildman–Crippen LogP) is -1.60. The molecule has 0 unspecified atom stereocenters. The number of unbranched alkanes of at least 4 members (excludes halogenated alkanes) is 4. The summed E-state index contributed by atoms with van der Waals surface area (Å²) in [5.74, 6) is 0. The number of aryl methyl sites for hydroxylation is 1. The molecule has 0 bridgehead atoms. The molecular weight excluding hydrogens is 286 g/mol. The van der Waals surface area contributed by atoms with Gasteiger partial charge < -0.3 is 12.4 Å². The second-order valence-electron chi connectivity index (χ2n) is 4.69. The number of halogens is 1. The number of aromatic nitrogens is 2. The summed E-state index contributed by atoms with van der Waals surface area (Å²) >= 11 is 0. The average Bonchev–Trinajstić information content (AvgIpc) is 2.78. The van der Waals surface area contributed by atoms with Crippen LogP contribution < -0.4 is 17.0 Å². The zero-order valence-corrected chi connectivity index (χ0v) is 13.5. The van der Waals surface area contributed by atoms with Gasteiger partial charge in [-0.1, -0.05) is 26.2 Å². The molecule has 112 valence electrons. The maximum absolute atomic E-state index is 11.8. The zero-order chi connectivity index (χ0) is 13.6. The molecule has 0 fully saturated rings. The van der Waals surface area contributed by atoms with E-state index in [-0.39, 0.29) is 12.4 Å². The van der Waals surface area contributed by atoms with Crippen LogP contribution in [-0.4, -0.2) is 30.8 Å². The summed E-state index contributed by atoms with van der Waals surface area (Å²) in [5.41, 5.74) is 0. The van der Waals surface area contributed by atoms with Crippen molar-refractivity contribution >= 4 is 10.2 Å². The van der Waals surface area contributed by atoms with Gasteiger partial charge in [0.05, 0.1) is 6.54 Å². The molecule has 19 heavy (non-hydrogen) atoms. The monoisotopic (exact) mass is 309 g/mol. The van der Waals surface area contributed by atoms with Crippen molar-refractivity contribution in [2.24, 2.45) is 0 Å². The minimum absolute atomic E-state index is 0. The minimum atomic E-state index is -3.37. The Hall–Kier alpha value is -0.590. The van der Waals surface area contributed by atoms with Crippen LogP contribution in [0.25, 0.3) is 0 Å². The molecule has 5 nitrogen and oxygen atoms in total. The highest BCUT2D eigenvalue weighted by atomic mass is 35.5. The predicted molar refractivity (Wildman–Crippen MR) is 71.4 cm³/mol. The Kier molecular flexibility index (Phi) is 8.29. The normalized spacial score (nSPS) is 11.6. The van der Waals surface area contributed by atoms with Crippen LogP contribution in [0.15, 0.2) is 18.7 Å². The van der Waals surface area contributed by atoms with E-state index in [9.17, 15) is 8.42 Å². The zero-order valence-electron chi connectivity index (χ0n) is 11.9. The lowest BCUT2D eigenvalue weighted by Crippen LogP contribution is -3.00. The minimum Gasteiger partial charge on any atom is -1.00 e. The van der Waals surface area contributed by atoms with Crippen molar-refractivity contribution in [1.82, 2.24) is 8.28 Å². The fourth-order valence-corrected chi connectivity index (χ4v) is 2.56. The Morgan fingerprint density at radius 2 is 1.79 bits per heavy atom. The van der Waals surface area contributed by atoms with Crippen LogP contribution in [0.3, 0.4) is 0 Å². The Morgan fingerprint density at radius 3 is 2.37 bits per heavy atom. The van der Waals surface area contributed by atoms with E-state index in [2.05, 4.69) is 6.92 Å². The van der Waals surface area contributed by atoms with Crippen LogP contribution in [0.2, 0.25) is 0 Å². The van der Waals surface area contributed by atoms with Crippen molar-refractivity contribution in [2.45, 2.75) is 45.6 Å². The van der Waals surface area contributed by atoms with Gasteiger partial charge in [-0.3, -0.25) is 0 Å². The van der Waals surface area contributed by atoms with Crippen LogP contribution in [0.4, 0.5) is 0 Å². The van der Waals surface area contributed by atoms with Gasteiger partial charge in [-0.05, 0) is 12.8 Å². The first-order valence-electron chi connectivity index (χ1n) is 6.48. The van der Waals surface area contributed by atoms with E-state index in [1.165, 1.54) is 48.1 Å². The largest absolute Gasteiger partial charge is 1.00 e. The molecule has 1 aromatic rings. The number of rotatable bonds is 8. The first-order chi connectivity index (χ1) is 8.48. The molecule has 0 N–H and O–H groups in total. The molecule has 0 aliphatic carbocycles. The summed E-state index contributed by atoms with van der Waals surface area (Å²) in [5, 5.41) is 0. The van der Waals surface area contributed by atoms with E-state index in [4.69, 9.17) is 0 Å². The summed E-state index contributed by atoms with van der Waals surface area (Å²) in [7, 11) is -0.302. The lowest BCUT2D eigenvalue weighted by molar-refractivity contribution is -0.696. The number of hydrogen-bond acceptors (Lipinski definition) is 2. The summed E-state index contributed by atoms with van der Waals surface area (Å²) < 4.78 is 28.1. The van der Waals surface area contributed by atoms with E-state index >= 15 is 0 Å². The third kappa shape index (κ3) is 5.50. The first-order valence-corrected chi connectivity index (χ1v) is 7.88. The van der Waals surface area contributed by atoms with Crippen LogP contribution in [0, 0.1) is 0 Å². The molecular formula is C12H24ClN3O2S. The number of hydrogen-bond donors (Lipinski definition) is 0. The molecule has 1 aromatic heterocycles. The number of imidazole rings is 1. The maximum Gasteiger partial charge on any atom is 0.379 e. The SMILES string of the molecule is CCCCCCC[n+]1ccn(S(=O)(=O)N(C)C)c1.[Cl-]. The molecule has 0 saturated carbocycles. The van der Waals surface area contributed by atoms with Gasteiger partial charge in [0, 0.05) is 14.1 Å². The topological polar surface area (TPSA) is 46.2 Å². The molecule has 0 spiro atoms. The van der Waals surface area contributed by atoms with Crippen molar-refractivity contribution in [1.29, 1.82) is 0 Å². The first kappa shape index (κ1) is 18.4. The summed E-state index contributed by atoms with van der Waals surface area (Å²) in [4.78, 5) is 0. The van der Waals surface area contributed by atoms with Crippen LogP contribution in [0.5, 0.6) is 0 Å². The van der Waals surface area contributed by atoms with Gasteiger partial charge >= 0.3 is 10.2 Å². The van der Waals surface area contributed by atoms with Gasteiger partial charge in [-0.2, -0.15) is 12.7 Å². The Balaban J connectivity index is 0.00000324. The van der Waals surface area contributed by atoms with Gasteiger partial charge in [0.25, 0.3) is 6.33 Å². The summed E-state index contributed by atoms with van der Waals surface area (Å²) in [6, 6.07) is 0. The lowest BCUT2D eigenvalue weighted by Gasteiger charge is -2.05. The second-order valence-corrected chi connectivity index (χ2v) is 6.73. The molecule has 0 saturated heterocycles. The van der Waals surface area contributed by atoms with Crippen molar-refractivity contribution in [3.63, 3.8) is 0 Å². The van der Waals surface area contributed by atoms with Gasteiger partial charge in [-0.15, -0.1) is 3.97 Å². The quantitative estimate of drug-likeness (QED) is 0.429. The van der Waals surface area contributed by atoms with Crippen LogP contribution in [-0.2, 0) is 16.8 Å². The highest BCUT2D eigenvalue weighted by Crippen LogP contribution is 2.03. The second kappa shape index (κ2) is 8.55. The molecule has 7 heteroatoms. The standard InChI is InChI=1S/C12H24N3O2S.ClH/c1-4-5-6-7-8-9-14-10-11-15(12-14)18(16,17)13(2)3;/h10-12H,4-9H2,1-3H3;1H/q+1;/p-1. The molecule has 0 aliphatic rings. The van der Waals surface area contributed by atoms with Gasteiger partial charge in [0.15, 0.2) is 0 Å². The van der Waals surface area contributed by atoms with E-state index < -0.39 is 10.2 Å². The van der Waals surface area contributed by atoms with Gasteiger partial charge in [0.2, 0.25) is 0 Å². The highest BCUT2D eigenvalue weighted by Gasteiger charge is 2.22. The maximum atomic E-state index is 11.8. The van der Waals surface area contributed by atoms with Crippen molar-refractivity contribution in [3.05, 3.63) is 18.7 Å². The summed E-state index contributed by atoms with van der Waals surface area (Å²) in [6.07, 6.45) is 11.1. The van der Waals surface area contributed by atoms with E-state index in [1.54, 1.807) is 18.7 Å². The Bertz CT molecular complexity index is 457. The molecule has 0 radical (unpaired) electrons. The van der Waals surface area contributed by atoms with Crippen LogP contribution >= 0.6 is 0 Å². The lowest BCUT2D eigenvalue weighted by atomic mass is 10.1. The van der Waals surface area contributed by atoms with E-state index in [0.717, 1.165) is 13.0 Å². The van der Waals surface area contributed by atoms with Crippen LogP contribution in [0.1, 0.15) is 39.0 Å². The number of nitrogens with zero attached hydrogens (tertiary/aromatic N) is 3. The molecule has 0 amide bonds. The molecule has 0 aliphatic heterocycles. The van der Waals surface area contributed by atoms with Crippen molar-refractivity contribution < 1.29 is 25.4 Å². The molecule has 0 aromatic carbocycles. The fourth-order valence-electron chi connectivity index (χ4n) is 1.73. The van der Waals surface area contributed by atoms with Crippen molar-refractivity contribution in [2.75, 3.05) is 14.1 Å². The van der Waals surface area contributed by atoms with E-state index in [0.29, 0.717) is 0 Å². The Labute approximate surface area is 122 Å².